The van der Waals surface area contributed by atoms with Gasteiger partial charge in [0.1, 0.15) is 11.3 Å². The van der Waals surface area contributed by atoms with E-state index in [1.807, 2.05) is 0 Å². The maximum atomic E-state index is 11.1. The van der Waals surface area contributed by atoms with E-state index in [1.54, 1.807) is 6.07 Å². The van der Waals surface area contributed by atoms with E-state index in [2.05, 4.69) is 0 Å². The van der Waals surface area contributed by atoms with Crippen LogP contribution in [0.2, 0.25) is 0 Å². The maximum absolute atomic E-state index is 11.1. The van der Waals surface area contributed by atoms with Crippen LogP contribution in [0, 0.1) is 0 Å². The minimum absolute atomic E-state index is 0.126. The van der Waals surface area contributed by atoms with Crippen molar-refractivity contribution < 1.29 is 9.52 Å². The van der Waals surface area contributed by atoms with Crippen molar-refractivity contribution >= 4 is 11.0 Å². The van der Waals surface area contributed by atoms with Gasteiger partial charge in [-0.3, -0.25) is 0 Å². The Bertz CT molecular complexity index is 530. The summed E-state index contributed by atoms with van der Waals surface area (Å²) in [5.74, 6) is 0.126. The highest BCUT2D eigenvalue weighted by molar-refractivity contribution is 5.81. The van der Waals surface area contributed by atoms with Gasteiger partial charge < -0.3 is 15.3 Å². The number of phenolic OH excluding ortho intramolecular Hbond substituents is 1. The Morgan fingerprint density at radius 3 is 2.86 bits per heavy atom. The minimum atomic E-state index is -0.427. The Kier molecular flexibility index (Phi) is 1.98. The molecule has 72 valence electrons. The summed E-state index contributed by atoms with van der Waals surface area (Å²) >= 11 is 0. The molecular weight excluding hydrogens is 182 g/mol. The second-order valence-corrected chi connectivity index (χ2v) is 2.98. The predicted octanol–water partition coefficient (Wildman–Crippen LogP) is 0.957. The van der Waals surface area contributed by atoms with Gasteiger partial charge in [-0.25, -0.2) is 4.79 Å². The molecule has 1 aromatic heterocycles. The van der Waals surface area contributed by atoms with Crippen LogP contribution in [-0.4, -0.2) is 5.11 Å². The minimum Gasteiger partial charge on any atom is -0.508 e. The second-order valence-electron chi connectivity index (χ2n) is 2.98. The van der Waals surface area contributed by atoms with E-state index < -0.39 is 5.63 Å². The zero-order valence-electron chi connectivity index (χ0n) is 7.36. The standard InChI is InChI=1S/C10H9NO3/c11-5-6-3-10(13)14-9-2-1-7(12)4-8(6)9/h1-4,12H,5,11H2. The van der Waals surface area contributed by atoms with E-state index >= 15 is 0 Å². The first-order valence-corrected chi connectivity index (χ1v) is 4.16. The molecule has 1 aromatic carbocycles. The number of phenols is 1. The van der Waals surface area contributed by atoms with Gasteiger partial charge in [0.15, 0.2) is 0 Å². The lowest BCUT2D eigenvalue weighted by Gasteiger charge is -2.02. The molecule has 2 rings (SSSR count). The molecule has 2 aromatic rings. The molecular formula is C10H9NO3. The fraction of sp³-hybridized carbons (Fsp3) is 0.100. The lowest BCUT2D eigenvalue weighted by atomic mass is 10.1. The van der Waals surface area contributed by atoms with Crippen molar-refractivity contribution in [3.63, 3.8) is 0 Å². The first-order valence-electron chi connectivity index (χ1n) is 4.16. The Balaban J connectivity index is 2.88. The summed E-state index contributed by atoms with van der Waals surface area (Å²) in [6, 6.07) is 5.87. The van der Waals surface area contributed by atoms with Crippen LogP contribution in [0.25, 0.3) is 11.0 Å². The molecule has 3 N–H and O–H groups in total. The largest absolute Gasteiger partial charge is 0.508 e. The Labute approximate surface area is 79.6 Å². The number of fused-ring (bicyclic) bond motifs is 1. The topological polar surface area (TPSA) is 76.5 Å². The third kappa shape index (κ3) is 1.36. The molecule has 0 unspecified atom stereocenters. The fourth-order valence-electron chi connectivity index (χ4n) is 1.38. The first kappa shape index (κ1) is 8.77. The average Bonchev–Trinajstić information content (AvgIpc) is 2.17. The van der Waals surface area contributed by atoms with Gasteiger partial charge in [0, 0.05) is 18.0 Å². The number of hydrogen-bond donors (Lipinski definition) is 2. The highest BCUT2D eigenvalue weighted by atomic mass is 16.4. The van der Waals surface area contributed by atoms with Gasteiger partial charge in [0.25, 0.3) is 0 Å². The Morgan fingerprint density at radius 1 is 1.36 bits per heavy atom. The molecule has 0 spiro atoms. The van der Waals surface area contributed by atoms with Crippen molar-refractivity contribution in [1.29, 1.82) is 0 Å². The summed E-state index contributed by atoms with van der Waals surface area (Å²) in [5.41, 5.74) is 6.16. The molecule has 0 saturated heterocycles. The third-order valence-electron chi connectivity index (χ3n) is 2.03. The maximum Gasteiger partial charge on any atom is 0.336 e. The summed E-state index contributed by atoms with van der Waals surface area (Å²) < 4.78 is 4.94. The quantitative estimate of drug-likeness (QED) is 0.658. The van der Waals surface area contributed by atoms with Crippen molar-refractivity contribution in [3.8, 4) is 5.75 Å². The molecule has 0 fully saturated rings. The Hall–Kier alpha value is -1.81. The molecule has 0 aliphatic heterocycles. The molecule has 0 aliphatic rings. The van der Waals surface area contributed by atoms with Gasteiger partial charge in [-0.15, -0.1) is 0 Å². The van der Waals surface area contributed by atoms with Crippen LogP contribution in [0.4, 0.5) is 0 Å². The van der Waals surface area contributed by atoms with Crippen LogP contribution in [0.3, 0.4) is 0 Å². The van der Waals surface area contributed by atoms with Crippen LogP contribution < -0.4 is 11.4 Å². The summed E-state index contributed by atoms with van der Waals surface area (Å²) in [7, 11) is 0. The molecule has 0 amide bonds. The van der Waals surface area contributed by atoms with Crippen molar-refractivity contribution in [2.75, 3.05) is 0 Å². The molecule has 14 heavy (non-hydrogen) atoms. The highest BCUT2D eigenvalue weighted by Gasteiger charge is 2.04. The zero-order chi connectivity index (χ0) is 10.1. The van der Waals surface area contributed by atoms with Gasteiger partial charge in [-0.05, 0) is 23.8 Å². The molecule has 0 aliphatic carbocycles. The third-order valence-corrected chi connectivity index (χ3v) is 2.03. The number of hydrogen-bond acceptors (Lipinski definition) is 4. The van der Waals surface area contributed by atoms with Crippen molar-refractivity contribution in [2.45, 2.75) is 6.54 Å². The van der Waals surface area contributed by atoms with Crippen LogP contribution in [0.1, 0.15) is 5.56 Å². The van der Waals surface area contributed by atoms with E-state index in [0.717, 1.165) is 0 Å². The number of nitrogens with two attached hydrogens (primary N) is 1. The molecule has 0 atom stereocenters. The molecule has 1 heterocycles. The van der Waals surface area contributed by atoms with E-state index in [9.17, 15) is 9.90 Å². The summed E-state index contributed by atoms with van der Waals surface area (Å²) in [4.78, 5) is 11.1. The normalized spacial score (nSPS) is 10.6. The van der Waals surface area contributed by atoms with E-state index in [1.165, 1.54) is 18.2 Å². The number of aromatic hydroxyl groups is 1. The van der Waals surface area contributed by atoms with Gasteiger partial charge in [0.2, 0.25) is 0 Å². The van der Waals surface area contributed by atoms with Crippen LogP contribution in [-0.2, 0) is 6.54 Å². The predicted molar refractivity (Wildman–Crippen MR) is 52.0 cm³/mol. The molecule has 0 bridgehead atoms. The molecule has 4 nitrogen and oxygen atoms in total. The van der Waals surface area contributed by atoms with Crippen LogP contribution >= 0.6 is 0 Å². The lowest BCUT2D eigenvalue weighted by molar-refractivity contribution is 0.475. The molecule has 0 radical (unpaired) electrons. The van der Waals surface area contributed by atoms with E-state index in [0.29, 0.717) is 16.5 Å². The van der Waals surface area contributed by atoms with Gasteiger partial charge >= 0.3 is 5.63 Å². The van der Waals surface area contributed by atoms with Crippen molar-refractivity contribution in [3.05, 3.63) is 40.2 Å². The summed E-state index contributed by atoms with van der Waals surface area (Å²) in [5, 5.41) is 9.93. The number of benzene rings is 1. The smallest absolute Gasteiger partial charge is 0.336 e. The highest BCUT2D eigenvalue weighted by Crippen LogP contribution is 2.21. The van der Waals surface area contributed by atoms with Crippen LogP contribution in [0.5, 0.6) is 5.75 Å². The molecule has 4 heteroatoms. The van der Waals surface area contributed by atoms with E-state index in [-0.39, 0.29) is 12.3 Å². The molecule has 0 saturated carbocycles. The lowest BCUT2D eigenvalue weighted by Crippen LogP contribution is -2.04. The van der Waals surface area contributed by atoms with Gasteiger partial charge in [-0.2, -0.15) is 0 Å². The Morgan fingerprint density at radius 2 is 2.14 bits per heavy atom. The van der Waals surface area contributed by atoms with Crippen molar-refractivity contribution in [1.82, 2.24) is 0 Å². The number of rotatable bonds is 1. The zero-order valence-corrected chi connectivity index (χ0v) is 7.36. The average molecular weight is 191 g/mol. The van der Waals surface area contributed by atoms with Gasteiger partial charge in [0.05, 0.1) is 0 Å². The fourth-order valence-corrected chi connectivity index (χ4v) is 1.38. The SMILES string of the molecule is NCc1cc(=O)oc2ccc(O)cc12. The summed E-state index contributed by atoms with van der Waals surface area (Å²) in [6.45, 7) is 0.242. The summed E-state index contributed by atoms with van der Waals surface area (Å²) in [6.07, 6.45) is 0. The van der Waals surface area contributed by atoms with Crippen molar-refractivity contribution in [2.24, 2.45) is 5.73 Å². The first-order chi connectivity index (χ1) is 6.70. The van der Waals surface area contributed by atoms with Gasteiger partial charge in [-0.1, -0.05) is 0 Å². The van der Waals surface area contributed by atoms with Crippen LogP contribution in [0.15, 0.2) is 33.5 Å². The monoisotopic (exact) mass is 191 g/mol. The van der Waals surface area contributed by atoms with E-state index in [4.69, 9.17) is 10.2 Å². The second kappa shape index (κ2) is 3.16.